The maximum absolute atomic E-state index is 13.0. The Morgan fingerprint density at radius 3 is 2.59 bits per heavy atom. The normalized spacial score (nSPS) is 17.8. The highest BCUT2D eigenvalue weighted by Gasteiger charge is 2.33. The zero-order valence-electron chi connectivity index (χ0n) is 15.8. The van der Waals surface area contributed by atoms with Gasteiger partial charge < -0.3 is 4.90 Å². The van der Waals surface area contributed by atoms with E-state index in [4.69, 9.17) is 0 Å². The van der Waals surface area contributed by atoms with E-state index < -0.39 is 10.0 Å². The van der Waals surface area contributed by atoms with Crippen molar-refractivity contribution in [1.82, 2.24) is 9.29 Å². The van der Waals surface area contributed by atoms with Gasteiger partial charge in [-0.25, -0.2) is 17.7 Å². The fourth-order valence-corrected chi connectivity index (χ4v) is 4.81. The van der Waals surface area contributed by atoms with Crippen molar-refractivity contribution >= 4 is 33.4 Å². The van der Waals surface area contributed by atoms with Crippen molar-refractivity contribution in [2.45, 2.75) is 41.5 Å². The molecule has 2 aromatic rings. The number of aromatic nitrogens is 1. The first-order valence-corrected chi connectivity index (χ1v) is 11.0. The Morgan fingerprint density at radius 1 is 1.26 bits per heavy atom. The van der Waals surface area contributed by atoms with Crippen LogP contribution in [0.25, 0.3) is 0 Å². The van der Waals surface area contributed by atoms with E-state index in [9.17, 15) is 13.2 Å². The van der Waals surface area contributed by atoms with Gasteiger partial charge in [0.25, 0.3) is 0 Å². The first-order chi connectivity index (χ1) is 12.7. The van der Waals surface area contributed by atoms with Crippen LogP contribution in [-0.4, -0.2) is 49.0 Å². The fraction of sp³-hybridized carbons (Fsp3) is 0.368. The molecule has 1 amide bonds. The zero-order valence-corrected chi connectivity index (χ0v) is 17.4. The summed E-state index contributed by atoms with van der Waals surface area (Å²) in [4.78, 5) is 19.2. The second-order valence-electron chi connectivity index (χ2n) is 6.77. The van der Waals surface area contributed by atoms with Gasteiger partial charge in [0.15, 0.2) is 0 Å². The van der Waals surface area contributed by atoms with Crippen LogP contribution < -0.4 is 4.90 Å². The van der Waals surface area contributed by atoms with Crippen molar-refractivity contribution in [2.24, 2.45) is 0 Å². The average Bonchev–Trinajstić information content (AvgIpc) is 2.97. The van der Waals surface area contributed by atoms with Gasteiger partial charge in [0.1, 0.15) is 4.90 Å². The van der Waals surface area contributed by atoms with Gasteiger partial charge in [-0.2, -0.15) is 0 Å². The topological polar surface area (TPSA) is 70.6 Å². The Hall–Kier alpha value is -1.90. The zero-order chi connectivity index (χ0) is 19.8. The number of para-hydroxylation sites is 1. The van der Waals surface area contributed by atoms with Crippen molar-refractivity contribution in [3.05, 3.63) is 48.2 Å². The van der Waals surface area contributed by atoms with Crippen molar-refractivity contribution < 1.29 is 13.2 Å². The minimum atomic E-state index is -3.51. The van der Waals surface area contributed by atoms with Crippen LogP contribution in [0.15, 0.2) is 52.5 Å². The number of anilines is 1. The van der Waals surface area contributed by atoms with E-state index in [-0.39, 0.29) is 22.1 Å². The Labute approximate surface area is 164 Å². The molecule has 0 unspecified atom stereocenters. The molecule has 0 N–H and O–H groups in total. The molecule has 0 spiro atoms. The molecule has 1 aromatic carbocycles. The lowest BCUT2D eigenvalue weighted by atomic mass is 10.1. The van der Waals surface area contributed by atoms with Crippen LogP contribution in [0.1, 0.15) is 19.4 Å². The van der Waals surface area contributed by atoms with Crippen LogP contribution >= 0.6 is 11.8 Å². The monoisotopic (exact) mass is 405 g/mol. The molecule has 8 heteroatoms. The molecule has 0 saturated carbocycles. The number of thioether (sulfide) groups is 1. The van der Waals surface area contributed by atoms with Crippen molar-refractivity contribution in [2.75, 3.05) is 19.0 Å². The van der Waals surface area contributed by atoms with Crippen LogP contribution in [0.2, 0.25) is 0 Å². The largest absolute Gasteiger partial charge is 0.308 e. The molecule has 0 bridgehead atoms. The van der Waals surface area contributed by atoms with Gasteiger partial charge in [0.05, 0.1) is 10.3 Å². The molecule has 0 saturated heterocycles. The number of carbonyl (C=O) groups excluding carboxylic acids is 1. The number of fused-ring (bicyclic) bond motifs is 1. The van der Waals surface area contributed by atoms with Crippen molar-refractivity contribution in [1.29, 1.82) is 0 Å². The highest BCUT2D eigenvalue weighted by molar-refractivity contribution is 8.00. The van der Waals surface area contributed by atoms with Crippen LogP contribution in [0, 0.1) is 0 Å². The van der Waals surface area contributed by atoms with Crippen LogP contribution in [0.5, 0.6) is 0 Å². The lowest BCUT2D eigenvalue weighted by Gasteiger charge is -2.25. The maximum Gasteiger partial charge on any atom is 0.244 e. The number of nitrogens with zero attached hydrogens (tertiary/aromatic N) is 3. The van der Waals surface area contributed by atoms with E-state index in [2.05, 4.69) is 18.0 Å². The highest BCUT2D eigenvalue weighted by Crippen LogP contribution is 2.34. The predicted octanol–water partition coefficient (Wildman–Crippen LogP) is 2.79. The molecule has 144 valence electrons. The molecule has 2 atom stereocenters. The van der Waals surface area contributed by atoms with E-state index in [0.717, 1.165) is 16.4 Å². The molecule has 0 fully saturated rings. The van der Waals surface area contributed by atoms with Gasteiger partial charge in [-0.15, -0.1) is 0 Å². The molecule has 2 heterocycles. The van der Waals surface area contributed by atoms with Crippen LogP contribution in [0.4, 0.5) is 5.69 Å². The van der Waals surface area contributed by atoms with Gasteiger partial charge in [-0.1, -0.05) is 30.0 Å². The third-order valence-corrected chi connectivity index (χ3v) is 7.41. The maximum atomic E-state index is 13.0. The molecule has 27 heavy (non-hydrogen) atoms. The van der Waals surface area contributed by atoms with Gasteiger partial charge in [-0.05, 0) is 44.0 Å². The number of hydrogen-bond donors (Lipinski definition) is 0. The summed E-state index contributed by atoms with van der Waals surface area (Å²) in [6.45, 7) is 3.90. The van der Waals surface area contributed by atoms with Crippen molar-refractivity contribution in [3.63, 3.8) is 0 Å². The minimum absolute atomic E-state index is 0.0317. The van der Waals surface area contributed by atoms with Crippen LogP contribution in [-0.2, 0) is 21.2 Å². The number of benzene rings is 1. The number of rotatable bonds is 5. The molecule has 0 aliphatic carbocycles. The molecule has 3 rings (SSSR count). The number of amides is 1. The van der Waals surface area contributed by atoms with Crippen molar-refractivity contribution in [3.8, 4) is 0 Å². The Balaban J connectivity index is 1.74. The molecule has 1 aromatic heterocycles. The SMILES string of the molecule is C[C@H](Sc1ccc(S(=O)(=O)N(C)C)cn1)C(=O)N1c2ccccc2C[C@@H]1C. The molecule has 1 aliphatic heterocycles. The third-order valence-electron chi connectivity index (χ3n) is 4.58. The number of hydrogen-bond acceptors (Lipinski definition) is 5. The summed E-state index contributed by atoms with van der Waals surface area (Å²) in [6, 6.07) is 11.3. The standard InChI is InChI=1S/C19H23N3O3S2/c1-13-11-15-7-5-6-8-17(15)22(13)19(23)14(2)26-18-10-9-16(12-20-18)27(24,25)21(3)4/h5-10,12-14H,11H2,1-4H3/t13-,14-/m0/s1. The Bertz CT molecular complexity index is 943. The first kappa shape index (κ1) is 19.9. The summed E-state index contributed by atoms with van der Waals surface area (Å²) in [5.41, 5.74) is 2.16. The fourth-order valence-electron chi connectivity index (χ4n) is 3.13. The summed E-state index contributed by atoms with van der Waals surface area (Å²) >= 11 is 1.33. The van der Waals surface area contributed by atoms with Gasteiger partial charge in [-0.3, -0.25) is 4.79 Å². The predicted molar refractivity (Wildman–Crippen MR) is 108 cm³/mol. The van der Waals surface area contributed by atoms with Gasteiger partial charge in [0.2, 0.25) is 15.9 Å². The van der Waals surface area contributed by atoms with E-state index in [0.29, 0.717) is 5.03 Å². The van der Waals surface area contributed by atoms with E-state index in [1.165, 1.54) is 43.7 Å². The summed E-state index contributed by atoms with van der Waals surface area (Å²) in [6.07, 6.45) is 2.19. The van der Waals surface area contributed by atoms with E-state index in [1.807, 2.05) is 30.0 Å². The summed E-state index contributed by atoms with van der Waals surface area (Å²) in [5.74, 6) is 0.0317. The number of carbonyl (C=O) groups is 1. The smallest absolute Gasteiger partial charge is 0.244 e. The third kappa shape index (κ3) is 3.88. The molecule has 0 radical (unpaired) electrons. The van der Waals surface area contributed by atoms with Gasteiger partial charge >= 0.3 is 0 Å². The first-order valence-electron chi connectivity index (χ1n) is 8.68. The summed E-state index contributed by atoms with van der Waals surface area (Å²) in [5, 5.41) is 0.288. The minimum Gasteiger partial charge on any atom is -0.308 e. The second kappa shape index (κ2) is 7.61. The Morgan fingerprint density at radius 2 is 1.96 bits per heavy atom. The molecule has 1 aliphatic rings. The lowest BCUT2D eigenvalue weighted by molar-refractivity contribution is -0.118. The lowest BCUT2D eigenvalue weighted by Crippen LogP contribution is -2.40. The molecule has 6 nitrogen and oxygen atoms in total. The highest BCUT2D eigenvalue weighted by atomic mass is 32.2. The van der Waals surface area contributed by atoms with E-state index in [1.54, 1.807) is 6.07 Å². The summed E-state index contributed by atoms with van der Waals surface area (Å²) in [7, 11) is -0.546. The van der Waals surface area contributed by atoms with Gasteiger partial charge in [0, 0.05) is 32.0 Å². The number of pyridine rings is 1. The average molecular weight is 406 g/mol. The quantitative estimate of drug-likeness (QED) is 0.716. The second-order valence-corrected chi connectivity index (χ2v) is 10.3. The molecular weight excluding hydrogens is 382 g/mol. The van der Waals surface area contributed by atoms with E-state index >= 15 is 0 Å². The van der Waals surface area contributed by atoms with Crippen LogP contribution in [0.3, 0.4) is 0 Å². The summed E-state index contributed by atoms with van der Waals surface area (Å²) < 4.78 is 25.4. The molecular formula is C19H23N3O3S2. The number of sulfonamides is 1. The Kier molecular flexibility index (Phi) is 5.60.